The van der Waals surface area contributed by atoms with Crippen LogP contribution >= 0.6 is 11.6 Å². The van der Waals surface area contributed by atoms with Crippen LogP contribution in [0.1, 0.15) is 0 Å². The number of rotatable bonds is 3. The van der Waals surface area contributed by atoms with E-state index in [1.165, 1.54) is 16.7 Å². The van der Waals surface area contributed by atoms with Gasteiger partial charge in [-0.05, 0) is 12.1 Å². The molecule has 3 rings (SSSR count). The largest absolute Gasteiger partial charge is 0.339 e. The van der Waals surface area contributed by atoms with Crippen LogP contribution in [0.2, 0.25) is 5.02 Å². The highest BCUT2D eigenvalue weighted by molar-refractivity contribution is 7.89. The first-order valence-corrected chi connectivity index (χ1v) is 8.26. The minimum Gasteiger partial charge on any atom is -0.339 e. The third kappa shape index (κ3) is 2.74. The Balaban J connectivity index is 1.76. The molecule has 2 aromatic rings. The van der Waals surface area contributed by atoms with E-state index >= 15 is 0 Å². The van der Waals surface area contributed by atoms with Gasteiger partial charge in [-0.25, -0.2) is 13.5 Å². The number of anilines is 1. The monoisotopic (exact) mass is 327 g/mol. The summed E-state index contributed by atoms with van der Waals surface area (Å²) >= 11 is 6.00. The summed E-state index contributed by atoms with van der Waals surface area (Å²) < 4.78 is 26.6. The van der Waals surface area contributed by atoms with Crippen molar-refractivity contribution in [1.82, 2.24) is 19.5 Å². The average molecular weight is 328 g/mol. The fourth-order valence-corrected chi connectivity index (χ4v) is 4.20. The second-order valence-corrected chi connectivity index (χ2v) is 6.94. The molecule has 112 valence electrons. The molecular formula is C12H14ClN5O2S. The predicted molar refractivity (Wildman–Crippen MR) is 78.8 cm³/mol. The van der Waals surface area contributed by atoms with Gasteiger partial charge < -0.3 is 4.90 Å². The molecular weight excluding hydrogens is 314 g/mol. The van der Waals surface area contributed by atoms with Crippen LogP contribution in [0.3, 0.4) is 0 Å². The molecule has 1 aliphatic heterocycles. The van der Waals surface area contributed by atoms with E-state index < -0.39 is 10.0 Å². The standard InChI is InChI=1S/C12H14ClN5O2S/c13-10-3-1-2-4-11(10)21(19,20)18-7-5-17(6-8-18)12-14-9-15-16-12/h1-4,9H,5-8H2,(H,14,15,16). The molecule has 1 fully saturated rings. The van der Waals surface area contributed by atoms with E-state index in [0.29, 0.717) is 32.1 Å². The van der Waals surface area contributed by atoms with Crippen LogP contribution in [-0.4, -0.2) is 54.1 Å². The van der Waals surface area contributed by atoms with Crippen molar-refractivity contribution in [2.45, 2.75) is 4.90 Å². The summed E-state index contributed by atoms with van der Waals surface area (Å²) in [5, 5.41) is 6.82. The highest BCUT2D eigenvalue weighted by atomic mass is 35.5. The molecule has 0 amide bonds. The molecule has 7 nitrogen and oxygen atoms in total. The van der Waals surface area contributed by atoms with E-state index in [0.717, 1.165) is 0 Å². The molecule has 21 heavy (non-hydrogen) atoms. The molecule has 1 aliphatic rings. The van der Waals surface area contributed by atoms with Crippen molar-refractivity contribution < 1.29 is 8.42 Å². The maximum Gasteiger partial charge on any atom is 0.244 e. The molecule has 2 heterocycles. The van der Waals surface area contributed by atoms with Gasteiger partial charge in [0.05, 0.1) is 5.02 Å². The van der Waals surface area contributed by atoms with Gasteiger partial charge in [0.15, 0.2) is 0 Å². The number of aromatic amines is 1. The van der Waals surface area contributed by atoms with Gasteiger partial charge in [0.1, 0.15) is 11.2 Å². The molecule has 0 saturated carbocycles. The molecule has 0 aliphatic carbocycles. The summed E-state index contributed by atoms with van der Waals surface area (Å²) in [4.78, 5) is 6.19. The highest BCUT2D eigenvalue weighted by Crippen LogP contribution is 2.25. The van der Waals surface area contributed by atoms with Crippen molar-refractivity contribution >= 4 is 27.6 Å². The van der Waals surface area contributed by atoms with Crippen molar-refractivity contribution in [2.75, 3.05) is 31.1 Å². The van der Waals surface area contributed by atoms with E-state index in [1.54, 1.807) is 18.2 Å². The number of piperazine rings is 1. The lowest BCUT2D eigenvalue weighted by molar-refractivity contribution is 0.382. The zero-order valence-corrected chi connectivity index (χ0v) is 12.7. The summed E-state index contributed by atoms with van der Waals surface area (Å²) in [6.07, 6.45) is 1.43. The van der Waals surface area contributed by atoms with Crippen molar-refractivity contribution in [3.63, 3.8) is 0 Å². The molecule has 1 saturated heterocycles. The smallest absolute Gasteiger partial charge is 0.244 e. The lowest BCUT2D eigenvalue weighted by atomic mass is 10.4. The number of hydrogen-bond acceptors (Lipinski definition) is 5. The zero-order valence-electron chi connectivity index (χ0n) is 11.1. The third-order valence-electron chi connectivity index (χ3n) is 3.39. The zero-order chi connectivity index (χ0) is 14.9. The molecule has 0 atom stereocenters. The summed E-state index contributed by atoms with van der Waals surface area (Å²) in [7, 11) is -3.56. The lowest BCUT2D eigenvalue weighted by Gasteiger charge is -2.33. The van der Waals surface area contributed by atoms with Gasteiger partial charge in [-0.2, -0.15) is 14.4 Å². The number of hydrogen-bond donors (Lipinski definition) is 1. The normalized spacial score (nSPS) is 17.1. The van der Waals surface area contributed by atoms with E-state index in [1.807, 2.05) is 4.90 Å². The molecule has 1 aromatic heterocycles. The van der Waals surface area contributed by atoms with Crippen LogP contribution in [0.4, 0.5) is 5.95 Å². The first-order chi connectivity index (χ1) is 10.1. The number of nitrogens with zero attached hydrogens (tertiary/aromatic N) is 4. The van der Waals surface area contributed by atoms with Gasteiger partial charge in [0.2, 0.25) is 16.0 Å². The molecule has 0 bridgehead atoms. The Kier molecular flexibility index (Phi) is 3.83. The SMILES string of the molecule is O=S(=O)(c1ccccc1Cl)N1CCN(c2ncn[nH]2)CC1. The number of aromatic nitrogens is 3. The van der Waals surface area contributed by atoms with Gasteiger partial charge in [-0.15, -0.1) is 0 Å². The van der Waals surface area contributed by atoms with E-state index in [4.69, 9.17) is 11.6 Å². The molecule has 0 spiro atoms. The van der Waals surface area contributed by atoms with Crippen LogP contribution in [0.5, 0.6) is 0 Å². The first-order valence-electron chi connectivity index (χ1n) is 6.44. The average Bonchev–Trinajstić information content (AvgIpc) is 3.02. The maximum absolute atomic E-state index is 12.6. The van der Waals surface area contributed by atoms with E-state index in [2.05, 4.69) is 15.2 Å². The number of halogens is 1. The molecule has 9 heteroatoms. The fourth-order valence-electron chi connectivity index (χ4n) is 2.28. The number of nitrogens with one attached hydrogen (secondary N) is 1. The van der Waals surface area contributed by atoms with Crippen LogP contribution in [0, 0.1) is 0 Å². The lowest BCUT2D eigenvalue weighted by Crippen LogP contribution is -2.49. The van der Waals surface area contributed by atoms with E-state index in [-0.39, 0.29) is 9.92 Å². The van der Waals surface area contributed by atoms with Crippen LogP contribution in [0.15, 0.2) is 35.5 Å². The van der Waals surface area contributed by atoms with Crippen molar-refractivity contribution in [3.05, 3.63) is 35.6 Å². The first kappa shape index (κ1) is 14.3. The Bertz CT molecular complexity index is 711. The van der Waals surface area contributed by atoms with E-state index in [9.17, 15) is 8.42 Å². The highest BCUT2D eigenvalue weighted by Gasteiger charge is 2.30. The van der Waals surface area contributed by atoms with Crippen LogP contribution < -0.4 is 4.90 Å². The van der Waals surface area contributed by atoms with Gasteiger partial charge in [-0.3, -0.25) is 0 Å². The minimum atomic E-state index is -3.56. The topological polar surface area (TPSA) is 82.2 Å². The molecule has 1 aromatic carbocycles. The molecule has 1 N–H and O–H groups in total. The quantitative estimate of drug-likeness (QED) is 0.908. The fraction of sp³-hybridized carbons (Fsp3) is 0.333. The molecule has 0 radical (unpaired) electrons. The Hall–Kier alpha value is -1.64. The van der Waals surface area contributed by atoms with Gasteiger partial charge >= 0.3 is 0 Å². The summed E-state index contributed by atoms with van der Waals surface area (Å²) in [5.74, 6) is 0.657. The van der Waals surface area contributed by atoms with Gasteiger partial charge in [0.25, 0.3) is 0 Å². The molecule has 0 unspecified atom stereocenters. The predicted octanol–water partition coefficient (Wildman–Crippen LogP) is 0.969. The second-order valence-electron chi connectivity index (χ2n) is 4.63. The summed E-state index contributed by atoms with van der Waals surface area (Å²) in [6.45, 7) is 1.88. The Morgan fingerprint density at radius 2 is 1.86 bits per heavy atom. The van der Waals surface area contributed by atoms with Gasteiger partial charge in [0, 0.05) is 26.2 Å². The number of sulfonamides is 1. The Labute approximate surface area is 127 Å². The van der Waals surface area contributed by atoms with Crippen LogP contribution in [0.25, 0.3) is 0 Å². The van der Waals surface area contributed by atoms with Gasteiger partial charge in [-0.1, -0.05) is 23.7 Å². The van der Waals surface area contributed by atoms with Crippen molar-refractivity contribution in [2.24, 2.45) is 0 Å². The Morgan fingerprint density at radius 3 is 2.48 bits per heavy atom. The van der Waals surface area contributed by atoms with Crippen molar-refractivity contribution in [3.8, 4) is 0 Å². The number of benzene rings is 1. The van der Waals surface area contributed by atoms with Crippen molar-refractivity contribution in [1.29, 1.82) is 0 Å². The van der Waals surface area contributed by atoms with Crippen LogP contribution in [-0.2, 0) is 10.0 Å². The summed E-state index contributed by atoms with van der Waals surface area (Å²) in [6, 6.07) is 6.49. The summed E-state index contributed by atoms with van der Waals surface area (Å²) in [5.41, 5.74) is 0. The Morgan fingerprint density at radius 1 is 1.14 bits per heavy atom. The third-order valence-corrected chi connectivity index (χ3v) is 5.79. The number of H-pyrrole nitrogens is 1. The minimum absolute atomic E-state index is 0.153. The maximum atomic E-state index is 12.6. The second kappa shape index (κ2) is 5.63.